The van der Waals surface area contributed by atoms with Crippen LogP contribution in [0.1, 0.15) is 38.8 Å². The molecule has 0 aliphatic carbocycles. The molecule has 1 aromatic rings. The van der Waals surface area contributed by atoms with Crippen molar-refractivity contribution < 1.29 is 9.18 Å². The first-order chi connectivity index (χ1) is 8.85. The SMILES string of the molecule is CC(C)(C)NC(=O)C1CC(c2ccc(F)cc2)NN1. The van der Waals surface area contributed by atoms with Crippen LogP contribution in [0.5, 0.6) is 0 Å². The van der Waals surface area contributed by atoms with Crippen LogP contribution in [0.4, 0.5) is 4.39 Å². The number of benzene rings is 1. The van der Waals surface area contributed by atoms with E-state index >= 15 is 0 Å². The van der Waals surface area contributed by atoms with Gasteiger partial charge in [-0.1, -0.05) is 12.1 Å². The number of carbonyl (C=O) groups is 1. The van der Waals surface area contributed by atoms with E-state index < -0.39 is 0 Å². The minimum atomic E-state index is -0.269. The van der Waals surface area contributed by atoms with E-state index in [2.05, 4.69) is 16.2 Å². The fraction of sp³-hybridized carbons (Fsp3) is 0.500. The number of amides is 1. The first-order valence-electron chi connectivity index (χ1n) is 6.44. The molecule has 2 rings (SSSR count). The van der Waals surface area contributed by atoms with Gasteiger partial charge in [-0.2, -0.15) is 0 Å². The summed E-state index contributed by atoms with van der Waals surface area (Å²) in [5.74, 6) is -0.277. The lowest BCUT2D eigenvalue weighted by molar-refractivity contribution is -0.124. The average Bonchev–Trinajstić information content (AvgIpc) is 2.77. The predicted molar refractivity (Wildman–Crippen MR) is 71.7 cm³/mol. The van der Waals surface area contributed by atoms with E-state index in [0.29, 0.717) is 6.42 Å². The highest BCUT2D eigenvalue weighted by atomic mass is 19.1. The van der Waals surface area contributed by atoms with Crippen molar-refractivity contribution in [2.24, 2.45) is 0 Å². The largest absolute Gasteiger partial charge is 0.350 e. The van der Waals surface area contributed by atoms with Crippen molar-refractivity contribution in [3.8, 4) is 0 Å². The van der Waals surface area contributed by atoms with E-state index in [0.717, 1.165) is 5.56 Å². The van der Waals surface area contributed by atoms with Crippen molar-refractivity contribution in [2.45, 2.75) is 44.8 Å². The lowest BCUT2D eigenvalue weighted by atomic mass is 10.0. The van der Waals surface area contributed by atoms with E-state index in [1.807, 2.05) is 20.8 Å². The number of halogens is 1. The van der Waals surface area contributed by atoms with Gasteiger partial charge in [0.25, 0.3) is 0 Å². The van der Waals surface area contributed by atoms with E-state index in [1.54, 1.807) is 12.1 Å². The van der Waals surface area contributed by atoms with Crippen LogP contribution in [0.15, 0.2) is 24.3 Å². The molecule has 3 N–H and O–H groups in total. The van der Waals surface area contributed by atoms with Crippen molar-refractivity contribution in [1.29, 1.82) is 0 Å². The Hall–Kier alpha value is -1.46. The Labute approximate surface area is 112 Å². The molecule has 1 aromatic carbocycles. The molecule has 0 spiro atoms. The second-order valence-electron chi connectivity index (χ2n) is 5.92. The maximum absolute atomic E-state index is 12.9. The fourth-order valence-electron chi connectivity index (χ4n) is 2.10. The van der Waals surface area contributed by atoms with Gasteiger partial charge in [-0.15, -0.1) is 0 Å². The summed E-state index contributed by atoms with van der Waals surface area (Å²) in [6.07, 6.45) is 0.646. The highest BCUT2D eigenvalue weighted by Gasteiger charge is 2.31. The Balaban J connectivity index is 1.96. The summed E-state index contributed by atoms with van der Waals surface area (Å²) >= 11 is 0. The number of hydrazine groups is 1. The highest BCUT2D eigenvalue weighted by molar-refractivity contribution is 5.82. The summed E-state index contributed by atoms with van der Waals surface area (Å²) < 4.78 is 12.9. The fourth-order valence-corrected chi connectivity index (χ4v) is 2.10. The van der Waals surface area contributed by atoms with Gasteiger partial charge in [0, 0.05) is 11.6 Å². The van der Waals surface area contributed by atoms with Crippen molar-refractivity contribution in [3.05, 3.63) is 35.6 Å². The van der Waals surface area contributed by atoms with Gasteiger partial charge in [-0.25, -0.2) is 15.2 Å². The Morgan fingerprint density at radius 1 is 1.26 bits per heavy atom. The minimum absolute atomic E-state index is 0.0235. The number of carbonyl (C=O) groups excluding carboxylic acids is 1. The summed E-state index contributed by atoms with van der Waals surface area (Å²) in [6.45, 7) is 5.85. The molecule has 1 fully saturated rings. The molecule has 1 aliphatic heterocycles. The van der Waals surface area contributed by atoms with Crippen molar-refractivity contribution in [2.75, 3.05) is 0 Å². The topological polar surface area (TPSA) is 53.2 Å². The third kappa shape index (κ3) is 3.75. The molecule has 1 aliphatic rings. The molecule has 1 heterocycles. The van der Waals surface area contributed by atoms with E-state index in [1.165, 1.54) is 12.1 Å². The molecule has 0 saturated carbocycles. The van der Waals surface area contributed by atoms with Crippen molar-refractivity contribution in [3.63, 3.8) is 0 Å². The monoisotopic (exact) mass is 265 g/mol. The lowest BCUT2D eigenvalue weighted by Crippen LogP contribution is -2.49. The molecule has 5 heteroatoms. The molecule has 2 atom stereocenters. The third-order valence-corrected chi connectivity index (χ3v) is 2.99. The smallest absolute Gasteiger partial charge is 0.238 e. The molecule has 19 heavy (non-hydrogen) atoms. The second-order valence-corrected chi connectivity index (χ2v) is 5.92. The van der Waals surface area contributed by atoms with Gasteiger partial charge in [-0.05, 0) is 44.9 Å². The molecule has 104 valence electrons. The average molecular weight is 265 g/mol. The van der Waals surface area contributed by atoms with Crippen LogP contribution in [0.3, 0.4) is 0 Å². The minimum Gasteiger partial charge on any atom is -0.350 e. The molecule has 4 nitrogen and oxygen atoms in total. The summed E-state index contributed by atoms with van der Waals surface area (Å²) in [6, 6.07) is 6.09. The van der Waals surface area contributed by atoms with Crippen LogP contribution < -0.4 is 16.2 Å². The zero-order valence-corrected chi connectivity index (χ0v) is 11.5. The zero-order chi connectivity index (χ0) is 14.0. The van der Waals surface area contributed by atoms with Gasteiger partial charge in [-0.3, -0.25) is 4.79 Å². The van der Waals surface area contributed by atoms with E-state index in [9.17, 15) is 9.18 Å². The van der Waals surface area contributed by atoms with Gasteiger partial charge in [0.05, 0.1) is 0 Å². The quantitative estimate of drug-likeness (QED) is 0.762. The summed E-state index contributed by atoms with van der Waals surface area (Å²) in [7, 11) is 0. The first kappa shape index (κ1) is 14.0. The Bertz CT molecular complexity index is 453. The second kappa shape index (κ2) is 5.27. The molecule has 0 radical (unpaired) electrons. The van der Waals surface area contributed by atoms with E-state index in [4.69, 9.17) is 0 Å². The molecular formula is C14H20FN3O. The number of hydrogen-bond acceptors (Lipinski definition) is 3. The molecule has 2 unspecified atom stereocenters. The zero-order valence-electron chi connectivity index (χ0n) is 11.5. The third-order valence-electron chi connectivity index (χ3n) is 2.99. The number of rotatable bonds is 2. The molecule has 0 bridgehead atoms. The van der Waals surface area contributed by atoms with Crippen molar-refractivity contribution in [1.82, 2.24) is 16.2 Å². The maximum atomic E-state index is 12.9. The Morgan fingerprint density at radius 2 is 1.89 bits per heavy atom. The molecule has 0 aromatic heterocycles. The first-order valence-corrected chi connectivity index (χ1v) is 6.44. The normalized spacial score (nSPS) is 23.4. The van der Waals surface area contributed by atoms with Crippen LogP contribution in [0.25, 0.3) is 0 Å². The maximum Gasteiger partial charge on any atom is 0.238 e. The lowest BCUT2D eigenvalue weighted by Gasteiger charge is -2.22. The molecular weight excluding hydrogens is 245 g/mol. The predicted octanol–water partition coefficient (Wildman–Crippen LogP) is 1.65. The Kier molecular flexibility index (Phi) is 3.87. The van der Waals surface area contributed by atoms with Crippen LogP contribution >= 0.6 is 0 Å². The van der Waals surface area contributed by atoms with Crippen LogP contribution in [0, 0.1) is 5.82 Å². The summed E-state index contributed by atoms with van der Waals surface area (Å²) in [5, 5.41) is 2.94. The van der Waals surface area contributed by atoms with Gasteiger partial charge < -0.3 is 5.32 Å². The standard InChI is InChI=1S/C14H20FN3O/c1-14(2,3)16-13(19)12-8-11(17-18-12)9-4-6-10(15)7-5-9/h4-7,11-12,17-18H,8H2,1-3H3,(H,16,19). The van der Waals surface area contributed by atoms with Gasteiger partial charge in [0.1, 0.15) is 11.9 Å². The van der Waals surface area contributed by atoms with Gasteiger partial charge in [0.15, 0.2) is 0 Å². The molecule has 1 amide bonds. The summed E-state index contributed by atoms with van der Waals surface area (Å²) in [4.78, 5) is 12.0. The molecule has 1 saturated heterocycles. The van der Waals surface area contributed by atoms with Gasteiger partial charge >= 0.3 is 0 Å². The van der Waals surface area contributed by atoms with Crippen LogP contribution in [0.2, 0.25) is 0 Å². The Morgan fingerprint density at radius 3 is 2.47 bits per heavy atom. The van der Waals surface area contributed by atoms with Crippen molar-refractivity contribution >= 4 is 5.91 Å². The van der Waals surface area contributed by atoms with E-state index in [-0.39, 0.29) is 29.3 Å². The van der Waals surface area contributed by atoms with Crippen LogP contribution in [-0.2, 0) is 4.79 Å². The number of hydrogen-bond donors (Lipinski definition) is 3. The van der Waals surface area contributed by atoms with Crippen LogP contribution in [-0.4, -0.2) is 17.5 Å². The highest BCUT2D eigenvalue weighted by Crippen LogP contribution is 2.22. The summed E-state index contributed by atoms with van der Waals surface area (Å²) in [5.41, 5.74) is 6.79. The van der Waals surface area contributed by atoms with Gasteiger partial charge in [0.2, 0.25) is 5.91 Å². The number of nitrogens with one attached hydrogen (secondary N) is 3.